The van der Waals surface area contributed by atoms with Crippen LogP contribution in [0.15, 0.2) is 36.5 Å². The quantitative estimate of drug-likeness (QED) is 0.770. The third kappa shape index (κ3) is 4.28. The molecule has 0 bridgehead atoms. The minimum Gasteiger partial charge on any atom is -0.442 e. The summed E-state index contributed by atoms with van der Waals surface area (Å²) in [6.45, 7) is 1.08. The summed E-state index contributed by atoms with van der Waals surface area (Å²) in [5.41, 5.74) is 1.63. The van der Waals surface area contributed by atoms with E-state index in [1.165, 1.54) is 4.90 Å². The van der Waals surface area contributed by atoms with Crippen LogP contribution >= 0.6 is 23.2 Å². The van der Waals surface area contributed by atoms with Crippen LogP contribution in [0.4, 0.5) is 16.2 Å². The molecule has 0 aliphatic carbocycles. The number of ether oxygens (including phenoxy) is 1. The van der Waals surface area contributed by atoms with Gasteiger partial charge in [-0.25, -0.2) is 4.79 Å². The highest BCUT2D eigenvalue weighted by molar-refractivity contribution is 6.53. The lowest BCUT2D eigenvalue weighted by Gasteiger charge is -2.23. The number of carbonyl (C=O) groups is 3. The molecule has 2 heterocycles. The van der Waals surface area contributed by atoms with Gasteiger partial charge in [-0.2, -0.15) is 0 Å². The number of nitrogens with one attached hydrogen (secondary N) is 1. The first-order valence-electron chi connectivity index (χ1n) is 8.06. The summed E-state index contributed by atoms with van der Waals surface area (Å²) in [6.07, 6.45) is 2.84. The molecular weight excluding hydrogens is 381 g/mol. The van der Waals surface area contributed by atoms with Crippen molar-refractivity contribution in [2.45, 2.75) is 17.4 Å². The average Bonchev–Trinajstić information content (AvgIpc) is 3.01. The molecular formula is C17H17Cl2N3O4. The molecule has 2 aliphatic heterocycles. The van der Waals surface area contributed by atoms with E-state index >= 15 is 0 Å². The first-order valence-corrected chi connectivity index (χ1v) is 8.93. The maximum atomic E-state index is 12.1. The Morgan fingerprint density at radius 3 is 2.54 bits per heavy atom. The predicted octanol–water partition coefficient (Wildman–Crippen LogP) is 2.22. The van der Waals surface area contributed by atoms with E-state index < -0.39 is 22.9 Å². The number of hydrogen-bond donors (Lipinski definition) is 1. The Balaban J connectivity index is 1.60. The number of ketones is 1. The smallest absolute Gasteiger partial charge is 0.414 e. The number of benzene rings is 1. The zero-order chi connectivity index (χ0) is 18.7. The predicted molar refractivity (Wildman–Crippen MR) is 98.7 cm³/mol. The number of allylic oxidation sites excluding steroid dienone is 1. The Hall–Kier alpha value is -2.25. The van der Waals surface area contributed by atoms with Crippen LogP contribution in [0, 0.1) is 0 Å². The zero-order valence-electron chi connectivity index (χ0n) is 13.7. The van der Waals surface area contributed by atoms with Crippen LogP contribution in [0.1, 0.15) is 6.42 Å². The Kier molecular flexibility index (Phi) is 5.68. The summed E-state index contributed by atoms with van der Waals surface area (Å²) >= 11 is 10.9. The molecule has 2 aliphatic rings. The summed E-state index contributed by atoms with van der Waals surface area (Å²) in [4.78, 5) is 37.0. The standard InChI is InChI=1S/C17H17Cl2N3O4/c18-15(19)16(24)20-9-14-10-22(17(25)26-14)12-3-1-11(2-4-12)21-7-5-13(23)6-8-21/h1-5,7,14-15H,6,8-10H2,(H,20,24)/t14-/m0/s1. The Morgan fingerprint density at radius 2 is 1.92 bits per heavy atom. The Labute approximate surface area is 160 Å². The molecule has 0 aromatic heterocycles. The van der Waals surface area contributed by atoms with Crippen LogP contribution in [0.3, 0.4) is 0 Å². The molecule has 1 fully saturated rings. The molecule has 0 unspecified atom stereocenters. The van der Waals surface area contributed by atoms with Gasteiger partial charge in [-0.05, 0) is 30.3 Å². The molecule has 1 saturated heterocycles. The van der Waals surface area contributed by atoms with E-state index in [1.54, 1.807) is 12.3 Å². The number of hydrogen-bond acceptors (Lipinski definition) is 5. The van der Waals surface area contributed by atoms with E-state index in [4.69, 9.17) is 27.9 Å². The number of anilines is 2. The highest BCUT2D eigenvalue weighted by Gasteiger charge is 2.32. The third-order valence-corrected chi connectivity index (χ3v) is 4.51. The monoisotopic (exact) mass is 397 g/mol. The van der Waals surface area contributed by atoms with E-state index in [2.05, 4.69) is 5.32 Å². The third-order valence-electron chi connectivity index (χ3n) is 4.11. The molecule has 1 aromatic rings. The molecule has 26 heavy (non-hydrogen) atoms. The van der Waals surface area contributed by atoms with Crippen molar-refractivity contribution in [3.8, 4) is 0 Å². The van der Waals surface area contributed by atoms with Crippen molar-refractivity contribution in [3.63, 3.8) is 0 Å². The van der Waals surface area contributed by atoms with Crippen LogP contribution < -0.4 is 15.1 Å². The zero-order valence-corrected chi connectivity index (χ0v) is 15.2. The SMILES string of the molecule is O=C1C=CN(c2ccc(N3C[C@H](CNC(=O)C(Cl)Cl)OC3=O)cc2)CC1. The van der Waals surface area contributed by atoms with Gasteiger partial charge >= 0.3 is 6.09 Å². The Morgan fingerprint density at radius 1 is 1.23 bits per heavy atom. The molecule has 1 N–H and O–H groups in total. The summed E-state index contributed by atoms with van der Waals surface area (Å²) in [6, 6.07) is 7.39. The van der Waals surface area contributed by atoms with Gasteiger partial charge in [0.05, 0.1) is 13.1 Å². The first-order chi connectivity index (χ1) is 12.4. The van der Waals surface area contributed by atoms with Crippen LogP contribution in [0.5, 0.6) is 0 Å². The summed E-state index contributed by atoms with van der Waals surface area (Å²) < 4.78 is 5.24. The maximum absolute atomic E-state index is 12.1. The Bertz CT molecular complexity index is 736. The minimum atomic E-state index is -1.16. The van der Waals surface area contributed by atoms with Crippen molar-refractivity contribution in [2.24, 2.45) is 0 Å². The van der Waals surface area contributed by atoms with Crippen molar-refractivity contribution in [1.29, 1.82) is 0 Å². The minimum absolute atomic E-state index is 0.116. The normalized spacial score (nSPS) is 19.9. The summed E-state index contributed by atoms with van der Waals surface area (Å²) in [5.74, 6) is -0.411. The summed E-state index contributed by atoms with van der Waals surface area (Å²) in [5, 5.41) is 2.52. The number of alkyl halides is 2. The summed E-state index contributed by atoms with van der Waals surface area (Å²) in [7, 11) is 0. The molecule has 7 nitrogen and oxygen atoms in total. The molecule has 3 rings (SSSR count). The van der Waals surface area contributed by atoms with Gasteiger partial charge in [0.15, 0.2) is 10.6 Å². The fourth-order valence-corrected chi connectivity index (χ4v) is 2.89. The van der Waals surface area contributed by atoms with E-state index in [9.17, 15) is 14.4 Å². The van der Waals surface area contributed by atoms with E-state index in [0.29, 0.717) is 25.2 Å². The number of amides is 2. The maximum Gasteiger partial charge on any atom is 0.414 e. The number of rotatable bonds is 5. The van der Waals surface area contributed by atoms with Gasteiger partial charge in [0, 0.05) is 30.5 Å². The fourth-order valence-electron chi connectivity index (χ4n) is 2.73. The molecule has 1 atom stereocenters. The highest BCUT2D eigenvalue weighted by atomic mass is 35.5. The van der Waals surface area contributed by atoms with Gasteiger partial charge in [-0.3, -0.25) is 14.5 Å². The van der Waals surface area contributed by atoms with Gasteiger partial charge in [0.2, 0.25) is 0 Å². The lowest BCUT2D eigenvalue weighted by molar-refractivity contribution is -0.119. The van der Waals surface area contributed by atoms with Crippen molar-refractivity contribution in [2.75, 3.05) is 29.4 Å². The second-order valence-electron chi connectivity index (χ2n) is 5.90. The van der Waals surface area contributed by atoms with E-state index in [-0.39, 0.29) is 12.3 Å². The molecule has 138 valence electrons. The van der Waals surface area contributed by atoms with Gasteiger partial charge in [0.25, 0.3) is 5.91 Å². The van der Waals surface area contributed by atoms with E-state index in [0.717, 1.165) is 5.69 Å². The van der Waals surface area contributed by atoms with Crippen molar-refractivity contribution in [3.05, 3.63) is 36.5 Å². The second kappa shape index (κ2) is 7.97. The van der Waals surface area contributed by atoms with Gasteiger partial charge < -0.3 is 15.0 Å². The van der Waals surface area contributed by atoms with Gasteiger partial charge in [-0.1, -0.05) is 23.2 Å². The van der Waals surface area contributed by atoms with E-state index in [1.807, 2.05) is 29.2 Å². The number of carbonyl (C=O) groups excluding carboxylic acids is 3. The fraction of sp³-hybridized carbons (Fsp3) is 0.353. The molecule has 9 heteroatoms. The van der Waals surface area contributed by atoms with Crippen LogP contribution in [-0.2, 0) is 14.3 Å². The molecule has 0 radical (unpaired) electrons. The van der Waals surface area contributed by atoms with Crippen molar-refractivity contribution >= 4 is 52.4 Å². The largest absolute Gasteiger partial charge is 0.442 e. The average molecular weight is 398 g/mol. The topological polar surface area (TPSA) is 79.0 Å². The molecule has 1 aromatic carbocycles. The molecule has 2 amide bonds. The lowest BCUT2D eigenvalue weighted by atomic mass is 10.1. The van der Waals surface area contributed by atoms with Crippen LogP contribution in [0.25, 0.3) is 0 Å². The van der Waals surface area contributed by atoms with Gasteiger partial charge in [0.1, 0.15) is 6.10 Å². The van der Waals surface area contributed by atoms with Crippen molar-refractivity contribution in [1.82, 2.24) is 5.32 Å². The second-order valence-corrected chi connectivity index (χ2v) is 7.00. The highest BCUT2D eigenvalue weighted by Crippen LogP contribution is 2.25. The first kappa shape index (κ1) is 18.5. The van der Waals surface area contributed by atoms with Crippen LogP contribution in [0.2, 0.25) is 0 Å². The number of cyclic esters (lactones) is 1. The molecule has 0 saturated carbocycles. The molecule has 0 spiro atoms. The number of nitrogens with zero attached hydrogens (tertiary/aromatic N) is 2. The van der Waals surface area contributed by atoms with Crippen molar-refractivity contribution < 1.29 is 19.1 Å². The number of halogens is 2. The van der Waals surface area contributed by atoms with Crippen LogP contribution in [-0.4, -0.2) is 48.4 Å². The van der Waals surface area contributed by atoms with Gasteiger partial charge in [-0.15, -0.1) is 0 Å². The lowest BCUT2D eigenvalue weighted by Crippen LogP contribution is -2.37.